The van der Waals surface area contributed by atoms with Gasteiger partial charge in [0.25, 0.3) is 0 Å². The molecule has 0 aliphatic rings. The van der Waals surface area contributed by atoms with E-state index in [-0.39, 0.29) is 0 Å². The van der Waals surface area contributed by atoms with Crippen LogP contribution < -0.4 is 0 Å². The zero-order valence-electron chi connectivity index (χ0n) is 11.8. The smallest absolute Gasteiger partial charge is 0.0175 e. The quantitative estimate of drug-likeness (QED) is 0.624. The van der Waals surface area contributed by atoms with Gasteiger partial charge >= 0.3 is 0 Å². The van der Waals surface area contributed by atoms with Gasteiger partial charge in [-0.25, -0.2) is 0 Å². The average molecular weight is 297 g/mol. The highest BCUT2D eigenvalue weighted by molar-refractivity contribution is 9.10. The van der Waals surface area contributed by atoms with Crippen LogP contribution in [0.1, 0.15) is 58.9 Å². The lowest BCUT2D eigenvalue weighted by Gasteiger charge is -2.39. The highest BCUT2D eigenvalue weighted by Gasteiger charge is 2.33. The van der Waals surface area contributed by atoms with Crippen LogP contribution in [-0.2, 0) is 0 Å². The van der Waals surface area contributed by atoms with E-state index in [1.54, 1.807) is 0 Å². The molecule has 0 aliphatic heterocycles. The summed E-state index contributed by atoms with van der Waals surface area (Å²) in [6, 6.07) is 8.85. The Balaban J connectivity index is 3.02. The molecule has 0 fully saturated rings. The van der Waals surface area contributed by atoms with E-state index in [0.29, 0.717) is 11.3 Å². The highest BCUT2D eigenvalue weighted by Crippen LogP contribution is 2.44. The fourth-order valence-corrected chi connectivity index (χ4v) is 3.02. The van der Waals surface area contributed by atoms with Crippen molar-refractivity contribution in [3.05, 3.63) is 34.3 Å². The lowest BCUT2D eigenvalue weighted by molar-refractivity contribution is 0.169. The van der Waals surface area contributed by atoms with Gasteiger partial charge < -0.3 is 0 Å². The van der Waals surface area contributed by atoms with E-state index in [1.165, 1.54) is 18.4 Å². The predicted molar refractivity (Wildman–Crippen MR) is 80.4 cm³/mol. The fourth-order valence-electron chi connectivity index (χ4n) is 2.76. The lowest BCUT2D eigenvalue weighted by Crippen LogP contribution is -2.29. The van der Waals surface area contributed by atoms with Crippen LogP contribution in [0.25, 0.3) is 0 Å². The maximum Gasteiger partial charge on any atom is 0.0175 e. The monoisotopic (exact) mass is 296 g/mol. The molecule has 2 atom stereocenters. The van der Waals surface area contributed by atoms with Crippen LogP contribution in [0, 0.1) is 11.3 Å². The molecule has 0 heterocycles. The topological polar surface area (TPSA) is 0 Å². The maximum atomic E-state index is 3.51. The first kappa shape index (κ1) is 14.8. The summed E-state index contributed by atoms with van der Waals surface area (Å²) in [6.45, 7) is 11.8. The summed E-state index contributed by atoms with van der Waals surface area (Å²) in [6.07, 6.45) is 2.46. The van der Waals surface area contributed by atoms with Gasteiger partial charge in [0, 0.05) is 4.47 Å². The molecule has 2 unspecified atom stereocenters. The van der Waals surface area contributed by atoms with Gasteiger partial charge in [-0.1, -0.05) is 69.1 Å². The van der Waals surface area contributed by atoms with E-state index in [9.17, 15) is 0 Å². The summed E-state index contributed by atoms with van der Waals surface area (Å²) in [7, 11) is 0. The second kappa shape index (κ2) is 6.04. The van der Waals surface area contributed by atoms with Crippen molar-refractivity contribution >= 4 is 15.9 Å². The first-order valence-electron chi connectivity index (χ1n) is 6.68. The van der Waals surface area contributed by atoms with Crippen molar-refractivity contribution in [1.82, 2.24) is 0 Å². The van der Waals surface area contributed by atoms with Crippen molar-refractivity contribution < 1.29 is 0 Å². The Bertz CT molecular complexity index is 337. The molecule has 1 aromatic carbocycles. The standard InChI is InChI=1S/C16H25Br/c1-6-12(3)16(4,5)15(7-2)13-8-10-14(17)11-9-13/h8-12,15H,6-7H2,1-5H3. The van der Waals surface area contributed by atoms with E-state index < -0.39 is 0 Å². The molecule has 1 aromatic rings. The molecule has 1 heteroatoms. The van der Waals surface area contributed by atoms with E-state index in [0.717, 1.165) is 10.4 Å². The largest absolute Gasteiger partial charge is 0.0651 e. The first-order valence-corrected chi connectivity index (χ1v) is 7.48. The van der Waals surface area contributed by atoms with Gasteiger partial charge in [0.15, 0.2) is 0 Å². The van der Waals surface area contributed by atoms with Gasteiger partial charge in [-0.15, -0.1) is 0 Å². The Morgan fingerprint density at radius 1 is 1.06 bits per heavy atom. The first-order chi connectivity index (χ1) is 7.93. The predicted octanol–water partition coefficient (Wildman–Crippen LogP) is 6.02. The molecular formula is C16H25Br. The Morgan fingerprint density at radius 2 is 1.59 bits per heavy atom. The van der Waals surface area contributed by atoms with E-state index in [4.69, 9.17) is 0 Å². The molecule has 0 amide bonds. The molecule has 0 spiro atoms. The Labute approximate surface area is 115 Å². The molecule has 0 bridgehead atoms. The SMILES string of the molecule is CCC(C)C(C)(C)C(CC)c1ccc(Br)cc1. The summed E-state index contributed by atoms with van der Waals surface area (Å²) in [5.74, 6) is 1.39. The summed E-state index contributed by atoms with van der Waals surface area (Å²) >= 11 is 3.51. The number of benzene rings is 1. The van der Waals surface area contributed by atoms with Crippen LogP contribution >= 0.6 is 15.9 Å². The molecule has 0 aliphatic carbocycles. The molecule has 0 radical (unpaired) electrons. The van der Waals surface area contributed by atoms with Gasteiger partial charge in [0.05, 0.1) is 0 Å². The summed E-state index contributed by atoms with van der Waals surface area (Å²) < 4.78 is 1.16. The third-order valence-electron chi connectivity index (χ3n) is 4.46. The Morgan fingerprint density at radius 3 is 2.00 bits per heavy atom. The van der Waals surface area contributed by atoms with Crippen molar-refractivity contribution in [2.45, 2.75) is 53.4 Å². The Hall–Kier alpha value is -0.300. The average Bonchev–Trinajstić information content (AvgIpc) is 2.31. The molecule has 17 heavy (non-hydrogen) atoms. The summed E-state index contributed by atoms with van der Waals surface area (Å²) in [5, 5.41) is 0. The van der Waals surface area contributed by atoms with Crippen LogP contribution in [-0.4, -0.2) is 0 Å². The van der Waals surface area contributed by atoms with Gasteiger partial charge in [0.1, 0.15) is 0 Å². The fraction of sp³-hybridized carbons (Fsp3) is 0.625. The molecule has 0 N–H and O–H groups in total. The Kier molecular flexibility index (Phi) is 5.24. The minimum absolute atomic E-state index is 0.358. The van der Waals surface area contributed by atoms with Crippen LogP contribution in [0.2, 0.25) is 0 Å². The number of halogens is 1. The molecule has 96 valence electrons. The minimum atomic E-state index is 0.358. The molecular weight excluding hydrogens is 272 g/mol. The zero-order valence-corrected chi connectivity index (χ0v) is 13.3. The molecule has 0 nitrogen and oxygen atoms in total. The second-order valence-electron chi connectivity index (χ2n) is 5.64. The third-order valence-corrected chi connectivity index (χ3v) is 4.99. The lowest BCUT2D eigenvalue weighted by atomic mass is 9.66. The normalized spacial score (nSPS) is 15.6. The summed E-state index contributed by atoms with van der Waals surface area (Å²) in [4.78, 5) is 0. The molecule has 0 saturated carbocycles. The van der Waals surface area contributed by atoms with Crippen LogP contribution in [0.4, 0.5) is 0 Å². The van der Waals surface area contributed by atoms with Crippen molar-refractivity contribution in [3.63, 3.8) is 0 Å². The van der Waals surface area contributed by atoms with Crippen molar-refractivity contribution in [2.75, 3.05) is 0 Å². The maximum absolute atomic E-state index is 3.51. The summed E-state index contributed by atoms with van der Waals surface area (Å²) in [5.41, 5.74) is 1.83. The van der Waals surface area contributed by atoms with Gasteiger partial charge in [-0.05, 0) is 41.4 Å². The molecule has 0 aromatic heterocycles. The highest BCUT2D eigenvalue weighted by atomic mass is 79.9. The second-order valence-corrected chi connectivity index (χ2v) is 6.56. The number of hydrogen-bond donors (Lipinski definition) is 0. The third kappa shape index (κ3) is 3.34. The van der Waals surface area contributed by atoms with Gasteiger partial charge in [0.2, 0.25) is 0 Å². The van der Waals surface area contributed by atoms with Crippen LogP contribution in [0.15, 0.2) is 28.7 Å². The van der Waals surface area contributed by atoms with Crippen molar-refractivity contribution in [3.8, 4) is 0 Å². The van der Waals surface area contributed by atoms with E-state index >= 15 is 0 Å². The van der Waals surface area contributed by atoms with Crippen LogP contribution in [0.5, 0.6) is 0 Å². The molecule has 0 saturated heterocycles. The molecule has 1 rings (SSSR count). The van der Waals surface area contributed by atoms with Gasteiger partial charge in [-0.3, -0.25) is 0 Å². The van der Waals surface area contributed by atoms with E-state index in [2.05, 4.69) is 74.8 Å². The zero-order chi connectivity index (χ0) is 13.1. The number of rotatable bonds is 5. The van der Waals surface area contributed by atoms with Crippen LogP contribution in [0.3, 0.4) is 0 Å². The van der Waals surface area contributed by atoms with E-state index in [1.807, 2.05) is 0 Å². The minimum Gasteiger partial charge on any atom is -0.0651 e. The van der Waals surface area contributed by atoms with Crippen molar-refractivity contribution in [2.24, 2.45) is 11.3 Å². The van der Waals surface area contributed by atoms with Gasteiger partial charge in [-0.2, -0.15) is 0 Å². The van der Waals surface area contributed by atoms with Crippen molar-refractivity contribution in [1.29, 1.82) is 0 Å². The number of hydrogen-bond acceptors (Lipinski definition) is 0.